The highest BCUT2D eigenvalue weighted by molar-refractivity contribution is 5.92. The molecule has 19 nitrogen and oxygen atoms in total. The fourth-order valence-electron chi connectivity index (χ4n) is 6.71. The summed E-state index contributed by atoms with van der Waals surface area (Å²) >= 11 is 0. The number of fused-ring (bicyclic) bond motifs is 1. The number of guanidine groups is 1. The van der Waals surface area contributed by atoms with Crippen molar-refractivity contribution in [2.45, 2.75) is 90.6 Å². The van der Waals surface area contributed by atoms with Gasteiger partial charge in [-0.15, -0.1) is 0 Å². The zero-order chi connectivity index (χ0) is 48.2. The number of rotatable bonds is 24. The van der Waals surface area contributed by atoms with Crippen molar-refractivity contribution in [3.8, 4) is 5.75 Å². The van der Waals surface area contributed by atoms with Crippen molar-refractivity contribution in [1.82, 2.24) is 31.9 Å². The van der Waals surface area contributed by atoms with E-state index in [2.05, 4.69) is 36.9 Å². The minimum atomic E-state index is -1.10. The van der Waals surface area contributed by atoms with E-state index in [-0.39, 0.29) is 80.1 Å². The van der Waals surface area contributed by atoms with Crippen LogP contribution in [0.5, 0.6) is 5.75 Å². The first-order valence-corrected chi connectivity index (χ1v) is 21.7. The molecule has 0 unspecified atom stereocenters. The van der Waals surface area contributed by atoms with E-state index in [1.807, 2.05) is 39.8 Å². The van der Waals surface area contributed by atoms with Gasteiger partial charge in [-0.05, 0) is 60.4 Å². The van der Waals surface area contributed by atoms with Gasteiger partial charge < -0.3 is 57.6 Å². The van der Waals surface area contributed by atoms with Gasteiger partial charge in [-0.2, -0.15) is 0 Å². The molecule has 354 valence electrons. The van der Waals surface area contributed by atoms with Crippen molar-refractivity contribution in [2.24, 2.45) is 28.3 Å². The molecule has 0 aliphatic rings. The number of carbonyl (C=O) groups excluding carboxylic acids is 6. The van der Waals surface area contributed by atoms with Gasteiger partial charge in [-0.3, -0.25) is 29.0 Å². The molecular formula is C47H61N9O10. The van der Waals surface area contributed by atoms with E-state index >= 15 is 0 Å². The number of carbonyl (C=O) groups is 6. The number of amides is 6. The van der Waals surface area contributed by atoms with Crippen molar-refractivity contribution in [3.05, 3.63) is 112 Å². The average molecular weight is 912 g/mol. The van der Waals surface area contributed by atoms with Crippen LogP contribution >= 0.6 is 0 Å². The molecule has 66 heavy (non-hydrogen) atoms. The molecule has 0 saturated carbocycles. The molecule has 0 saturated heterocycles. The number of aromatic hydroxyl groups is 1. The Morgan fingerprint density at radius 3 is 2.06 bits per heavy atom. The molecule has 1 aromatic heterocycles. The summed E-state index contributed by atoms with van der Waals surface area (Å²) in [6, 6.07) is 19.9. The van der Waals surface area contributed by atoms with E-state index in [1.54, 1.807) is 48.5 Å². The summed E-state index contributed by atoms with van der Waals surface area (Å²) in [5.74, 6) is -3.45. The number of aliphatic imine (C=N–C) groups is 1. The number of hydrogen-bond acceptors (Lipinski definition) is 11. The number of nitrogens with zero attached hydrogens (tertiary/aromatic N) is 1. The van der Waals surface area contributed by atoms with Crippen LogP contribution in [0, 0.1) is 11.8 Å². The number of hydrogen-bond donors (Lipinski definition) is 9. The van der Waals surface area contributed by atoms with Gasteiger partial charge in [0, 0.05) is 42.6 Å². The number of nitrogens with two attached hydrogens (primary N) is 2. The Balaban J connectivity index is 1.39. The highest BCUT2D eigenvalue weighted by atomic mass is 16.5. The van der Waals surface area contributed by atoms with Crippen molar-refractivity contribution in [1.29, 1.82) is 0 Å². The molecule has 0 bridgehead atoms. The number of benzene rings is 3. The van der Waals surface area contributed by atoms with E-state index in [4.69, 9.17) is 20.6 Å². The summed E-state index contributed by atoms with van der Waals surface area (Å²) in [4.78, 5) is 96.8. The highest BCUT2D eigenvalue weighted by Crippen LogP contribution is 2.19. The monoisotopic (exact) mass is 911 g/mol. The topological polar surface area (TPSA) is 299 Å². The van der Waals surface area contributed by atoms with E-state index in [0.717, 1.165) is 11.1 Å². The van der Waals surface area contributed by atoms with Gasteiger partial charge in [-0.1, -0.05) is 88.4 Å². The Hall–Kier alpha value is -7.44. The maximum Gasteiger partial charge on any atom is 0.408 e. The zero-order valence-corrected chi connectivity index (χ0v) is 37.6. The van der Waals surface area contributed by atoms with Crippen LogP contribution in [0.4, 0.5) is 4.79 Å². The molecule has 0 aliphatic heterocycles. The van der Waals surface area contributed by atoms with Crippen molar-refractivity contribution in [3.63, 3.8) is 0 Å². The standard InChI is InChI=1S/C47H61N9O10/c1-28(2)20-36(54-43(61)35(16-11-19-50-46(48)49)56-47(64)65-27-31-14-9-6-10-15-31)44(62)55-38(29(3)4)25-52-42(60)37(21-30-12-7-5-8-13-30)53-41(59)26-51-40(58)23-33-22-32-17-18-34(57)24-39(32)66-45(33)63/h5-10,12-15,17-18,22,24,28-29,35-38,57H,11,16,19-21,23,25-27H2,1-4H3,(H,51,58)(H,52,60)(H,53,59)(H,54,61)(H,55,62)(H,56,64)(H4,48,49,50)/t35-,36-,37-,38+/m0/s1. The molecule has 19 heteroatoms. The summed E-state index contributed by atoms with van der Waals surface area (Å²) in [7, 11) is 0. The maximum absolute atomic E-state index is 13.9. The van der Waals surface area contributed by atoms with Crippen LogP contribution in [0.2, 0.25) is 0 Å². The van der Waals surface area contributed by atoms with Gasteiger partial charge in [0.05, 0.1) is 13.0 Å². The summed E-state index contributed by atoms with van der Waals surface area (Å²) in [5.41, 5.74) is 11.8. The first kappa shape index (κ1) is 51.2. The molecule has 4 aromatic rings. The molecule has 0 radical (unpaired) electrons. The second-order valence-electron chi connectivity index (χ2n) is 16.5. The lowest BCUT2D eigenvalue weighted by atomic mass is 9.99. The largest absolute Gasteiger partial charge is 0.508 e. The summed E-state index contributed by atoms with van der Waals surface area (Å²) < 4.78 is 10.6. The third-order valence-electron chi connectivity index (χ3n) is 10.3. The predicted octanol–water partition coefficient (Wildman–Crippen LogP) is 2.02. The molecule has 1 heterocycles. The minimum absolute atomic E-state index is 0.0253. The third kappa shape index (κ3) is 17.6. The molecule has 11 N–H and O–H groups in total. The van der Waals surface area contributed by atoms with Gasteiger partial charge in [0.25, 0.3) is 0 Å². The van der Waals surface area contributed by atoms with Crippen LogP contribution in [0.1, 0.15) is 63.6 Å². The fourth-order valence-corrected chi connectivity index (χ4v) is 6.71. The first-order valence-electron chi connectivity index (χ1n) is 21.7. The summed E-state index contributed by atoms with van der Waals surface area (Å²) in [6.07, 6.45) is -0.412. The lowest BCUT2D eigenvalue weighted by molar-refractivity contribution is -0.131. The summed E-state index contributed by atoms with van der Waals surface area (Å²) in [6.45, 7) is 7.11. The Kier molecular flexibility index (Phi) is 20.0. The van der Waals surface area contributed by atoms with Gasteiger partial charge >= 0.3 is 11.7 Å². The Labute approximate surface area is 382 Å². The number of phenols is 1. The number of phenolic OH excluding ortho intramolecular Hbond substituents is 1. The van der Waals surface area contributed by atoms with Crippen LogP contribution in [-0.4, -0.2) is 90.5 Å². The number of alkyl carbamates (subject to hydrolysis) is 1. The number of ether oxygens (including phenoxy) is 1. The van der Waals surface area contributed by atoms with E-state index in [1.165, 1.54) is 24.3 Å². The molecule has 0 aliphatic carbocycles. The Bertz CT molecular complexity index is 2350. The minimum Gasteiger partial charge on any atom is -0.508 e. The predicted molar refractivity (Wildman–Crippen MR) is 248 cm³/mol. The normalized spacial score (nSPS) is 12.8. The van der Waals surface area contributed by atoms with Crippen molar-refractivity contribution >= 4 is 52.6 Å². The lowest BCUT2D eigenvalue weighted by Crippen LogP contribution is -2.58. The van der Waals surface area contributed by atoms with Crippen LogP contribution < -0.4 is 49.0 Å². The number of nitrogens with one attached hydrogen (secondary N) is 6. The smallest absolute Gasteiger partial charge is 0.408 e. The Morgan fingerprint density at radius 1 is 0.742 bits per heavy atom. The van der Waals surface area contributed by atoms with Gasteiger partial charge in [0.15, 0.2) is 5.96 Å². The van der Waals surface area contributed by atoms with Crippen LogP contribution in [-0.2, 0) is 48.2 Å². The van der Waals surface area contributed by atoms with Crippen molar-refractivity contribution in [2.75, 3.05) is 19.6 Å². The van der Waals surface area contributed by atoms with E-state index < -0.39 is 72.0 Å². The van der Waals surface area contributed by atoms with Gasteiger partial charge in [0.2, 0.25) is 29.5 Å². The maximum atomic E-state index is 13.9. The van der Waals surface area contributed by atoms with Gasteiger partial charge in [0.1, 0.15) is 36.1 Å². The Morgan fingerprint density at radius 2 is 1.41 bits per heavy atom. The molecular weight excluding hydrogens is 851 g/mol. The lowest BCUT2D eigenvalue weighted by Gasteiger charge is -2.28. The van der Waals surface area contributed by atoms with E-state index in [9.17, 15) is 38.7 Å². The van der Waals surface area contributed by atoms with Crippen LogP contribution in [0.25, 0.3) is 11.0 Å². The summed E-state index contributed by atoms with van der Waals surface area (Å²) in [5, 5.41) is 26.5. The fraction of sp³-hybridized carbons (Fsp3) is 0.404. The second kappa shape index (κ2) is 25.8. The molecule has 3 aromatic carbocycles. The zero-order valence-electron chi connectivity index (χ0n) is 37.6. The average Bonchev–Trinajstić information content (AvgIpc) is 3.27. The van der Waals surface area contributed by atoms with Crippen LogP contribution in [0.15, 0.2) is 99.1 Å². The van der Waals surface area contributed by atoms with Gasteiger partial charge in [-0.25, -0.2) is 9.59 Å². The third-order valence-corrected chi connectivity index (χ3v) is 10.3. The van der Waals surface area contributed by atoms with E-state index in [0.29, 0.717) is 11.8 Å². The second-order valence-corrected chi connectivity index (χ2v) is 16.5. The molecule has 6 amide bonds. The quantitative estimate of drug-likeness (QED) is 0.0211. The first-order chi connectivity index (χ1) is 31.5. The van der Waals surface area contributed by atoms with Crippen molar-refractivity contribution < 1.29 is 43.0 Å². The highest BCUT2D eigenvalue weighted by Gasteiger charge is 2.30. The molecule has 4 atom stereocenters. The molecule has 4 rings (SSSR count). The molecule has 0 spiro atoms. The van der Waals surface area contributed by atoms with Crippen LogP contribution in [0.3, 0.4) is 0 Å². The SMILES string of the molecule is CC(C)C[C@H](NC(=O)[C@H](CCCN=C(N)N)NC(=O)OCc1ccccc1)C(=O)N[C@H](CNC(=O)[C@H](Cc1ccccc1)NC(=O)CNC(=O)Cc1cc2ccc(O)cc2oc1=O)C(C)C. The molecule has 0 fully saturated rings.